The first-order chi connectivity index (χ1) is 10.2. The molecule has 0 aromatic heterocycles. The molecular formula is C20H30O. The van der Waals surface area contributed by atoms with E-state index in [1.165, 1.54) is 16.7 Å². The highest BCUT2D eigenvalue weighted by Gasteiger charge is 2.04. The molecule has 0 N–H and O–H groups in total. The van der Waals surface area contributed by atoms with Gasteiger partial charge >= 0.3 is 0 Å². The van der Waals surface area contributed by atoms with Crippen LogP contribution in [0.2, 0.25) is 0 Å². The lowest BCUT2D eigenvalue weighted by Gasteiger charge is -2.12. The lowest BCUT2D eigenvalue weighted by Crippen LogP contribution is -1.92. The predicted octanol–water partition coefficient (Wildman–Crippen LogP) is 6.71. The van der Waals surface area contributed by atoms with E-state index >= 15 is 0 Å². The molecule has 0 amide bonds. The number of hydrogen-bond acceptors (Lipinski definition) is 1. The van der Waals surface area contributed by atoms with Crippen molar-refractivity contribution in [2.75, 3.05) is 0 Å². The molecule has 2 aromatic carbocycles. The summed E-state index contributed by atoms with van der Waals surface area (Å²) in [6.45, 7) is 14.3. The van der Waals surface area contributed by atoms with Crippen LogP contribution in [0.25, 0.3) is 0 Å². The van der Waals surface area contributed by atoms with Crippen LogP contribution in [0.1, 0.15) is 51.3 Å². The maximum Gasteiger partial charge on any atom is 0.130 e. The first-order valence-electron chi connectivity index (χ1n) is 8.03. The number of para-hydroxylation sites is 1. The van der Waals surface area contributed by atoms with Crippen LogP contribution < -0.4 is 4.74 Å². The van der Waals surface area contributed by atoms with E-state index in [9.17, 15) is 0 Å². The average Bonchev–Trinajstić information content (AvgIpc) is 2.54. The van der Waals surface area contributed by atoms with Crippen molar-refractivity contribution < 1.29 is 4.74 Å². The van der Waals surface area contributed by atoms with E-state index in [4.69, 9.17) is 4.74 Å². The zero-order valence-electron chi connectivity index (χ0n) is 14.7. The van der Waals surface area contributed by atoms with Gasteiger partial charge in [0.1, 0.15) is 11.5 Å². The molecule has 2 rings (SSSR count). The summed E-state index contributed by atoms with van der Waals surface area (Å²) in [5, 5.41) is 0. The molecule has 2 aromatic rings. The van der Waals surface area contributed by atoms with E-state index in [1.54, 1.807) is 0 Å². The Labute approximate surface area is 131 Å². The lowest BCUT2D eigenvalue weighted by atomic mass is 10.1. The second-order valence-corrected chi connectivity index (χ2v) is 4.33. The van der Waals surface area contributed by atoms with Crippen molar-refractivity contribution in [1.82, 2.24) is 0 Å². The molecule has 21 heavy (non-hydrogen) atoms. The van der Waals surface area contributed by atoms with Gasteiger partial charge in [0.2, 0.25) is 0 Å². The van der Waals surface area contributed by atoms with Crippen molar-refractivity contribution in [2.24, 2.45) is 0 Å². The zero-order chi connectivity index (χ0) is 16.3. The molecule has 0 aliphatic carbocycles. The van der Waals surface area contributed by atoms with Crippen molar-refractivity contribution >= 4 is 0 Å². The van der Waals surface area contributed by atoms with Gasteiger partial charge in [-0.25, -0.2) is 0 Å². The summed E-state index contributed by atoms with van der Waals surface area (Å²) in [4.78, 5) is 0. The summed E-state index contributed by atoms with van der Waals surface area (Å²) in [5.74, 6) is 1.90. The number of hydrogen-bond donors (Lipinski definition) is 0. The van der Waals surface area contributed by atoms with Crippen LogP contribution in [-0.2, 0) is 6.42 Å². The predicted molar refractivity (Wildman–Crippen MR) is 94.5 cm³/mol. The largest absolute Gasteiger partial charge is 0.457 e. The normalized spacial score (nSPS) is 8.90. The Hall–Kier alpha value is -1.76. The third-order valence-corrected chi connectivity index (χ3v) is 2.90. The Morgan fingerprint density at radius 1 is 0.810 bits per heavy atom. The molecule has 0 atom stereocenters. The van der Waals surface area contributed by atoms with Crippen LogP contribution in [0.3, 0.4) is 0 Å². The van der Waals surface area contributed by atoms with Crippen LogP contribution in [0.15, 0.2) is 42.5 Å². The Morgan fingerprint density at radius 3 is 2.00 bits per heavy atom. The number of aryl methyl sites for hydroxylation is 3. The summed E-state index contributed by atoms with van der Waals surface area (Å²) in [5.41, 5.74) is 3.68. The number of ether oxygens (including phenoxy) is 1. The van der Waals surface area contributed by atoms with Gasteiger partial charge in [-0.1, -0.05) is 70.5 Å². The van der Waals surface area contributed by atoms with Gasteiger partial charge in [0.15, 0.2) is 0 Å². The topological polar surface area (TPSA) is 9.23 Å². The van der Waals surface area contributed by atoms with Gasteiger partial charge in [-0.2, -0.15) is 0 Å². The van der Waals surface area contributed by atoms with Gasteiger partial charge in [0.05, 0.1) is 0 Å². The SMILES string of the molecule is CC.CC.CCc1ccccc1Oc1ccc(C)cc1C. The molecular weight excluding hydrogens is 256 g/mol. The fourth-order valence-electron chi connectivity index (χ4n) is 1.93. The van der Waals surface area contributed by atoms with Gasteiger partial charge in [-0.3, -0.25) is 0 Å². The van der Waals surface area contributed by atoms with Crippen LogP contribution in [0.4, 0.5) is 0 Å². The highest BCUT2D eigenvalue weighted by molar-refractivity contribution is 5.42. The van der Waals surface area contributed by atoms with Gasteiger partial charge in [-0.05, 0) is 43.5 Å². The van der Waals surface area contributed by atoms with Crippen molar-refractivity contribution in [3.05, 3.63) is 59.2 Å². The molecule has 1 nitrogen and oxygen atoms in total. The molecule has 116 valence electrons. The number of rotatable bonds is 3. The first-order valence-corrected chi connectivity index (χ1v) is 8.03. The third-order valence-electron chi connectivity index (χ3n) is 2.90. The maximum atomic E-state index is 5.99. The first kappa shape index (κ1) is 19.2. The second kappa shape index (κ2) is 11.0. The molecule has 0 unspecified atom stereocenters. The molecule has 0 saturated heterocycles. The highest BCUT2D eigenvalue weighted by atomic mass is 16.5. The fraction of sp³-hybridized carbons (Fsp3) is 0.400. The number of benzene rings is 2. The summed E-state index contributed by atoms with van der Waals surface area (Å²) >= 11 is 0. The molecule has 0 aliphatic rings. The lowest BCUT2D eigenvalue weighted by molar-refractivity contribution is 0.473. The fourth-order valence-corrected chi connectivity index (χ4v) is 1.93. The summed E-state index contributed by atoms with van der Waals surface area (Å²) in [7, 11) is 0. The molecule has 0 bridgehead atoms. The monoisotopic (exact) mass is 286 g/mol. The minimum atomic E-state index is 0.941. The van der Waals surface area contributed by atoms with Crippen LogP contribution in [-0.4, -0.2) is 0 Å². The summed E-state index contributed by atoms with van der Waals surface area (Å²) < 4.78 is 5.99. The van der Waals surface area contributed by atoms with Crippen molar-refractivity contribution in [3.63, 3.8) is 0 Å². The summed E-state index contributed by atoms with van der Waals surface area (Å²) in [6, 6.07) is 14.5. The van der Waals surface area contributed by atoms with E-state index in [1.807, 2.05) is 52.0 Å². The molecule has 1 heteroatoms. The van der Waals surface area contributed by atoms with Crippen LogP contribution >= 0.6 is 0 Å². The second-order valence-electron chi connectivity index (χ2n) is 4.33. The molecule has 0 fully saturated rings. The molecule has 0 radical (unpaired) electrons. The Kier molecular flexibility index (Phi) is 10.0. The van der Waals surface area contributed by atoms with Crippen LogP contribution in [0, 0.1) is 13.8 Å². The molecule has 0 aliphatic heterocycles. The van der Waals surface area contributed by atoms with Crippen molar-refractivity contribution in [2.45, 2.75) is 54.9 Å². The summed E-state index contributed by atoms with van der Waals surface area (Å²) in [6.07, 6.45) is 0.987. The Bertz CT molecular complexity index is 515. The minimum Gasteiger partial charge on any atom is -0.457 e. The Morgan fingerprint density at radius 2 is 1.43 bits per heavy atom. The maximum absolute atomic E-state index is 5.99. The third kappa shape index (κ3) is 6.03. The van der Waals surface area contributed by atoms with Gasteiger partial charge in [-0.15, -0.1) is 0 Å². The van der Waals surface area contributed by atoms with Gasteiger partial charge < -0.3 is 4.74 Å². The quantitative estimate of drug-likeness (QED) is 0.609. The standard InChI is InChI=1S/C16H18O.2C2H6/c1-4-14-7-5-6-8-16(14)17-15-10-9-12(2)11-13(15)3;2*1-2/h5-11H,4H2,1-3H3;2*1-2H3. The van der Waals surface area contributed by atoms with E-state index in [2.05, 4.69) is 39.0 Å². The highest BCUT2D eigenvalue weighted by Crippen LogP contribution is 2.28. The van der Waals surface area contributed by atoms with Crippen molar-refractivity contribution in [3.8, 4) is 11.5 Å². The minimum absolute atomic E-state index is 0.941. The van der Waals surface area contributed by atoms with Crippen LogP contribution in [0.5, 0.6) is 11.5 Å². The van der Waals surface area contributed by atoms with E-state index in [0.29, 0.717) is 0 Å². The van der Waals surface area contributed by atoms with E-state index in [-0.39, 0.29) is 0 Å². The van der Waals surface area contributed by atoms with E-state index in [0.717, 1.165) is 17.9 Å². The Balaban J connectivity index is 0.000000921. The van der Waals surface area contributed by atoms with Crippen molar-refractivity contribution in [1.29, 1.82) is 0 Å². The smallest absolute Gasteiger partial charge is 0.130 e. The molecule has 0 heterocycles. The van der Waals surface area contributed by atoms with E-state index < -0.39 is 0 Å². The average molecular weight is 286 g/mol. The molecule has 0 spiro atoms. The zero-order valence-corrected chi connectivity index (χ0v) is 14.7. The molecule has 0 saturated carbocycles. The van der Waals surface area contributed by atoms with Gasteiger partial charge in [0.25, 0.3) is 0 Å². The van der Waals surface area contributed by atoms with Gasteiger partial charge in [0, 0.05) is 0 Å².